The molecule has 1 N–H and O–H groups in total. The molecule has 1 saturated heterocycles. The Hall–Kier alpha value is -2.67. The SMILES string of the molecule is O=C(Nc1ccncc1)c1cn(C2CCSCC2)c2ncccc2c1=O. The van der Waals surface area contributed by atoms with Crippen LogP contribution in [-0.4, -0.2) is 31.9 Å². The molecular weight excluding hydrogens is 348 g/mol. The topological polar surface area (TPSA) is 76.9 Å². The largest absolute Gasteiger partial charge is 0.328 e. The number of anilines is 1. The lowest BCUT2D eigenvalue weighted by Gasteiger charge is -2.26. The molecule has 4 rings (SSSR count). The highest BCUT2D eigenvalue weighted by Crippen LogP contribution is 2.29. The van der Waals surface area contributed by atoms with Crippen LogP contribution in [0.1, 0.15) is 29.2 Å². The first kappa shape index (κ1) is 16.8. The van der Waals surface area contributed by atoms with Gasteiger partial charge in [-0.25, -0.2) is 4.98 Å². The van der Waals surface area contributed by atoms with Crippen molar-refractivity contribution in [2.75, 3.05) is 16.8 Å². The van der Waals surface area contributed by atoms with Crippen LogP contribution in [0.3, 0.4) is 0 Å². The van der Waals surface area contributed by atoms with Crippen LogP contribution in [0.15, 0.2) is 53.8 Å². The molecule has 3 aromatic heterocycles. The molecule has 0 saturated carbocycles. The number of aromatic nitrogens is 3. The van der Waals surface area contributed by atoms with E-state index in [2.05, 4.69) is 15.3 Å². The summed E-state index contributed by atoms with van der Waals surface area (Å²) in [5.74, 6) is 1.73. The molecule has 1 aliphatic rings. The van der Waals surface area contributed by atoms with Gasteiger partial charge in [0.1, 0.15) is 11.2 Å². The van der Waals surface area contributed by atoms with Gasteiger partial charge in [0.05, 0.1) is 5.39 Å². The first-order valence-corrected chi connectivity index (χ1v) is 9.68. The van der Waals surface area contributed by atoms with Crippen molar-refractivity contribution in [2.24, 2.45) is 0 Å². The summed E-state index contributed by atoms with van der Waals surface area (Å²) in [6, 6.07) is 7.10. The van der Waals surface area contributed by atoms with E-state index in [1.807, 2.05) is 16.3 Å². The lowest BCUT2D eigenvalue weighted by atomic mass is 10.1. The maximum atomic E-state index is 12.9. The Balaban J connectivity index is 1.80. The molecule has 26 heavy (non-hydrogen) atoms. The molecule has 0 spiro atoms. The maximum absolute atomic E-state index is 12.9. The highest BCUT2D eigenvalue weighted by Gasteiger charge is 2.22. The van der Waals surface area contributed by atoms with Crippen molar-refractivity contribution in [3.8, 4) is 0 Å². The van der Waals surface area contributed by atoms with Crippen LogP contribution in [0.25, 0.3) is 11.0 Å². The van der Waals surface area contributed by atoms with E-state index in [1.54, 1.807) is 49.1 Å². The second-order valence-corrected chi connectivity index (χ2v) is 7.41. The van der Waals surface area contributed by atoms with Crippen LogP contribution in [0.5, 0.6) is 0 Å². The van der Waals surface area contributed by atoms with Crippen molar-refractivity contribution >= 4 is 34.4 Å². The average Bonchev–Trinajstić information content (AvgIpc) is 2.70. The number of pyridine rings is 3. The zero-order chi connectivity index (χ0) is 17.9. The molecule has 3 aromatic rings. The van der Waals surface area contributed by atoms with Crippen LogP contribution in [-0.2, 0) is 0 Å². The van der Waals surface area contributed by atoms with Gasteiger partial charge in [-0.05, 0) is 48.6 Å². The van der Waals surface area contributed by atoms with Gasteiger partial charge in [0, 0.05) is 36.5 Å². The Kier molecular flexibility index (Phi) is 4.71. The number of carbonyl (C=O) groups is 1. The summed E-state index contributed by atoms with van der Waals surface area (Å²) in [6.45, 7) is 0. The van der Waals surface area contributed by atoms with E-state index in [9.17, 15) is 9.59 Å². The molecule has 0 unspecified atom stereocenters. The van der Waals surface area contributed by atoms with Crippen molar-refractivity contribution in [2.45, 2.75) is 18.9 Å². The highest BCUT2D eigenvalue weighted by molar-refractivity contribution is 7.99. The van der Waals surface area contributed by atoms with E-state index >= 15 is 0 Å². The third-order valence-corrected chi connectivity index (χ3v) is 5.60. The van der Waals surface area contributed by atoms with Crippen molar-refractivity contribution in [3.05, 3.63) is 64.8 Å². The third kappa shape index (κ3) is 3.22. The lowest BCUT2D eigenvalue weighted by molar-refractivity contribution is 0.102. The number of thioether (sulfide) groups is 1. The number of fused-ring (bicyclic) bond motifs is 1. The monoisotopic (exact) mass is 366 g/mol. The van der Waals surface area contributed by atoms with Crippen LogP contribution in [0, 0.1) is 0 Å². The lowest BCUT2D eigenvalue weighted by Crippen LogP contribution is -2.26. The minimum Gasteiger partial charge on any atom is -0.328 e. The van der Waals surface area contributed by atoms with Gasteiger partial charge in [-0.3, -0.25) is 14.6 Å². The number of amides is 1. The van der Waals surface area contributed by atoms with E-state index in [4.69, 9.17) is 0 Å². The predicted molar refractivity (Wildman–Crippen MR) is 104 cm³/mol. The zero-order valence-corrected chi connectivity index (χ0v) is 14.9. The van der Waals surface area contributed by atoms with Gasteiger partial charge < -0.3 is 9.88 Å². The fourth-order valence-electron chi connectivity index (χ4n) is 3.22. The van der Waals surface area contributed by atoms with Gasteiger partial charge in [-0.1, -0.05) is 0 Å². The maximum Gasteiger partial charge on any atom is 0.261 e. The van der Waals surface area contributed by atoms with Crippen molar-refractivity contribution in [1.82, 2.24) is 14.5 Å². The smallest absolute Gasteiger partial charge is 0.261 e. The minimum absolute atomic E-state index is 0.139. The summed E-state index contributed by atoms with van der Waals surface area (Å²) in [4.78, 5) is 34.0. The van der Waals surface area contributed by atoms with Crippen LogP contribution < -0.4 is 10.7 Å². The number of nitrogens with zero attached hydrogens (tertiary/aromatic N) is 3. The van der Waals surface area contributed by atoms with Gasteiger partial charge in [0.25, 0.3) is 5.91 Å². The molecule has 0 radical (unpaired) electrons. The van der Waals surface area contributed by atoms with E-state index in [0.29, 0.717) is 16.7 Å². The molecule has 0 atom stereocenters. The standard InChI is InChI=1S/C19H18N4O2S/c24-17-15-2-1-7-21-18(15)23(14-5-10-26-11-6-14)12-16(17)19(25)22-13-3-8-20-9-4-13/h1-4,7-9,12,14H,5-6,10-11H2,(H,20,22,25). The average molecular weight is 366 g/mol. The fraction of sp³-hybridized carbons (Fsp3) is 0.263. The van der Waals surface area contributed by atoms with Crippen LogP contribution in [0.4, 0.5) is 5.69 Å². The van der Waals surface area contributed by atoms with Crippen LogP contribution >= 0.6 is 11.8 Å². The first-order valence-electron chi connectivity index (χ1n) is 8.53. The van der Waals surface area contributed by atoms with E-state index in [1.165, 1.54) is 0 Å². The molecule has 1 fully saturated rings. The molecule has 0 bridgehead atoms. The normalized spacial score (nSPS) is 15.1. The van der Waals surface area contributed by atoms with Crippen molar-refractivity contribution < 1.29 is 4.79 Å². The Labute approximate surface area is 154 Å². The molecular formula is C19H18N4O2S. The quantitative estimate of drug-likeness (QED) is 0.771. The summed E-state index contributed by atoms with van der Waals surface area (Å²) >= 11 is 1.93. The molecule has 4 heterocycles. The Morgan fingerprint density at radius 1 is 1.15 bits per heavy atom. The Bertz CT molecular complexity index is 997. The number of rotatable bonds is 3. The summed E-state index contributed by atoms with van der Waals surface area (Å²) in [6.07, 6.45) is 8.56. The second kappa shape index (κ2) is 7.29. The summed E-state index contributed by atoms with van der Waals surface area (Å²) in [5, 5.41) is 3.26. The molecule has 1 aliphatic heterocycles. The third-order valence-electron chi connectivity index (χ3n) is 4.56. The molecule has 6 nitrogen and oxygen atoms in total. The number of hydrogen-bond acceptors (Lipinski definition) is 5. The van der Waals surface area contributed by atoms with E-state index in [-0.39, 0.29) is 17.0 Å². The Morgan fingerprint density at radius 2 is 1.92 bits per heavy atom. The second-order valence-electron chi connectivity index (χ2n) is 6.19. The number of carbonyl (C=O) groups excluding carboxylic acids is 1. The Morgan fingerprint density at radius 3 is 2.69 bits per heavy atom. The van der Waals surface area contributed by atoms with Gasteiger partial charge in [0.15, 0.2) is 0 Å². The molecule has 7 heteroatoms. The van der Waals surface area contributed by atoms with Crippen molar-refractivity contribution in [1.29, 1.82) is 0 Å². The zero-order valence-electron chi connectivity index (χ0n) is 14.1. The predicted octanol–water partition coefficient (Wildman–Crippen LogP) is 3.11. The van der Waals surface area contributed by atoms with Crippen molar-refractivity contribution in [3.63, 3.8) is 0 Å². The van der Waals surface area contributed by atoms with E-state index < -0.39 is 5.91 Å². The van der Waals surface area contributed by atoms with Gasteiger partial charge in [0.2, 0.25) is 5.43 Å². The number of nitrogens with one attached hydrogen (secondary N) is 1. The fourth-order valence-corrected chi connectivity index (χ4v) is 4.30. The highest BCUT2D eigenvalue weighted by atomic mass is 32.2. The summed E-state index contributed by atoms with van der Waals surface area (Å²) in [5.41, 5.74) is 1.10. The van der Waals surface area contributed by atoms with Gasteiger partial charge in [-0.2, -0.15) is 11.8 Å². The minimum atomic E-state index is -0.411. The first-order chi connectivity index (χ1) is 12.7. The van der Waals surface area contributed by atoms with E-state index in [0.717, 1.165) is 24.3 Å². The van der Waals surface area contributed by atoms with Gasteiger partial charge in [-0.15, -0.1) is 0 Å². The summed E-state index contributed by atoms with van der Waals surface area (Å²) < 4.78 is 2.01. The molecule has 1 amide bonds. The van der Waals surface area contributed by atoms with Crippen LogP contribution in [0.2, 0.25) is 0 Å². The molecule has 0 aromatic carbocycles. The summed E-state index contributed by atoms with van der Waals surface area (Å²) in [7, 11) is 0. The van der Waals surface area contributed by atoms with Gasteiger partial charge >= 0.3 is 0 Å². The molecule has 132 valence electrons. The molecule has 0 aliphatic carbocycles. The number of hydrogen-bond donors (Lipinski definition) is 1.